The van der Waals surface area contributed by atoms with Crippen LogP contribution in [0.5, 0.6) is 0 Å². The zero-order valence-electron chi connectivity index (χ0n) is 10.2. The van der Waals surface area contributed by atoms with Gasteiger partial charge in [-0.25, -0.2) is 0 Å². The Morgan fingerprint density at radius 1 is 1.28 bits per heavy atom. The van der Waals surface area contributed by atoms with E-state index in [1.165, 1.54) is 0 Å². The molecule has 0 spiro atoms. The average Bonchev–Trinajstić information content (AvgIpc) is 2.20. The summed E-state index contributed by atoms with van der Waals surface area (Å²) < 4.78 is 11.3. The van der Waals surface area contributed by atoms with Gasteiger partial charge in [-0.1, -0.05) is 17.7 Å². The van der Waals surface area contributed by atoms with Gasteiger partial charge in [-0.05, 0) is 25.5 Å². The smallest absolute Gasteiger partial charge is 0.316 e. The second-order valence-corrected chi connectivity index (χ2v) is 5.45. The quantitative estimate of drug-likeness (QED) is 0.837. The third-order valence-corrected chi connectivity index (χ3v) is 3.39. The lowest BCUT2D eigenvalue weighted by molar-refractivity contribution is -0.133. The summed E-state index contributed by atoms with van der Waals surface area (Å²) >= 11 is 0. The molecule has 0 radical (unpaired) electrons. The van der Waals surface area contributed by atoms with Gasteiger partial charge in [0.05, 0.1) is 0 Å². The van der Waals surface area contributed by atoms with Crippen LogP contribution in [0.25, 0.3) is 0 Å². The topological polar surface area (TPSA) is 83.5 Å². The van der Waals surface area contributed by atoms with Gasteiger partial charge in [0.1, 0.15) is 11.5 Å². The number of carboxylic acids is 1. The number of aryl methyl sites for hydroxylation is 2. The lowest BCUT2D eigenvalue weighted by Gasteiger charge is -2.08. The third-order valence-electron chi connectivity index (χ3n) is 2.23. The minimum absolute atomic E-state index is 0.306. The van der Waals surface area contributed by atoms with Crippen molar-refractivity contribution in [1.82, 2.24) is 0 Å². The second-order valence-electron chi connectivity index (χ2n) is 3.99. The van der Waals surface area contributed by atoms with E-state index in [0.29, 0.717) is 5.69 Å². The number of anilines is 1. The Balaban J connectivity index is 2.59. The summed E-state index contributed by atoms with van der Waals surface area (Å²) in [6.45, 7) is 3.80. The van der Waals surface area contributed by atoms with Crippen molar-refractivity contribution >= 4 is 28.4 Å². The van der Waals surface area contributed by atoms with Gasteiger partial charge >= 0.3 is 5.97 Å². The molecule has 0 aromatic heterocycles. The first-order valence-electron chi connectivity index (χ1n) is 5.32. The Bertz CT molecular complexity index is 499. The SMILES string of the molecule is Cc1ccc(NC(=O)C[S@](=O)CC(=O)O)c(C)c1. The summed E-state index contributed by atoms with van der Waals surface area (Å²) in [7, 11) is -1.68. The van der Waals surface area contributed by atoms with Crippen molar-refractivity contribution in [2.75, 3.05) is 16.8 Å². The van der Waals surface area contributed by atoms with Gasteiger partial charge in [-0.3, -0.25) is 13.8 Å². The van der Waals surface area contributed by atoms with Crippen LogP contribution in [-0.4, -0.2) is 32.7 Å². The van der Waals surface area contributed by atoms with Crippen LogP contribution < -0.4 is 5.32 Å². The van der Waals surface area contributed by atoms with Crippen LogP contribution in [0.4, 0.5) is 5.69 Å². The molecule has 0 saturated heterocycles. The largest absolute Gasteiger partial charge is 0.481 e. The van der Waals surface area contributed by atoms with E-state index in [0.717, 1.165) is 11.1 Å². The first-order valence-corrected chi connectivity index (χ1v) is 6.81. The predicted molar refractivity (Wildman–Crippen MR) is 70.1 cm³/mol. The maximum absolute atomic E-state index is 11.5. The Kier molecular flexibility index (Phi) is 5.03. The molecule has 6 heteroatoms. The fourth-order valence-electron chi connectivity index (χ4n) is 1.48. The maximum Gasteiger partial charge on any atom is 0.316 e. The Morgan fingerprint density at radius 2 is 1.94 bits per heavy atom. The third kappa shape index (κ3) is 4.67. The van der Waals surface area contributed by atoms with Crippen LogP contribution >= 0.6 is 0 Å². The van der Waals surface area contributed by atoms with Gasteiger partial charge in [-0.2, -0.15) is 0 Å². The van der Waals surface area contributed by atoms with E-state index in [2.05, 4.69) is 5.32 Å². The normalized spacial score (nSPS) is 11.9. The number of amides is 1. The van der Waals surface area contributed by atoms with Gasteiger partial charge in [0.2, 0.25) is 5.91 Å². The van der Waals surface area contributed by atoms with E-state index < -0.39 is 28.4 Å². The number of carbonyl (C=O) groups is 2. The predicted octanol–water partition coefficient (Wildman–Crippen LogP) is 1.08. The zero-order valence-corrected chi connectivity index (χ0v) is 11.0. The number of rotatable bonds is 5. The van der Waals surface area contributed by atoms with Gasteiger partial charge in [0.15, 0.2) is 0 Å². The lowest BCUT2D eigenvalue weighted by Crippen LogP contribution is -2.23. The van der Waals surface area contributed by atoms with Crippen molar-refractivity contribution < 1.29 is 18.9 Å². The molecule has 1 aromatic carbocycles. The van der Waals surface area contributed by atoms with Crippen molar-refractivity contribution in [3.05, 3.63) is 29.3 Å². The Hall–Kier alpha value is -1.69. The highest BCUT2D eigenvalue weighted by Crippen LogP contribution is 2.15. The van der Waals surface area contributed by atoms with Crippen LogP contribution in [0.3, 0.4) is 0 Å². The van der Waals surface area contributed by atoms with Gasteiger partial charge in [0.25, 0.3) is 0 Å². The highest BCUT2D eigenvalue weighted by molar-refractivity contribution is 7.86. The van der Waals surface area contributed by atoms with Gasteiger partial charge in [-0.15, -0.1) is 0 Å². The fourth-order valence-corrected chi connectivity index (χ4v) is 2.22. The number of carbonyl (C=O) groups excluding carboxylic acids is 1. The number of carboxylic acid groups (broad SMARTS) is 1. The van der Waals surface area contributed by atoms with E-state index in [9.17, 15) is 13.8 Å². The Morgan fingerprint density at radius 3 is 2.50 bits per heavy atom. The molecule has 0 aliphatic rings. The molecule has 2 N–H and O–H groups in total. The lowest BCUT2D eigenvalue weighted by atomic mass is 10.1. The van der Waals surface area contributed by atoms with Crippen LogP contribution in [-0.2, 0) is 20.4 Å². The molecule has 98 valence electrons. The summed E-state index contributed by atoms with van der Waals surface area (Å²) in [5.74, 6) is -2.44. The number of benzene rings is 1. The minimum atomic E-state index is -1.68. The number of nitrogens with one attached hydrogen (secondary N) is 1. The first-order chi connectivity index (χ1) is 8.38. The van der Waals surface area contributed by atoms with Crippen molar-refractivity contribution in [3.63, 3.8) is 0 Å². The number of hydrogen-bond acceptors (Lipinski definition) is 3. The second kappa shape index (κ2) is 6.30. The first kappa shape index (κ1) is 14.4. The van der Waals surface area contributed by atoms with Gasteiger partial charge < -0.3 is 10.4 Å². The molecule has 0 heterocycles. The van der Waals surface area contributed by atoms with E-state index in [1.807, 2.05) is 26.0 Å². The molecule has 1 rings (SSSR count). The molecule has 0 saturated carbocycles. The molecular weight excluding hydrogens is 254 g/mol. The van der Waals surface area contributed by atoms with E-state index >= 15 is 0 Å². The summed E-state index contributed by atoms with van der Waals surface area (Å²) in [5, 5.41) is 11.1. The molecule has 18 heavy (non-hydrogen) atoms. The molecule has 0 aliphatic carbocycles. The van der Waals surface area contributed by atoms with E-state index in [1.54, 1.807) is 6.07 Å². The highest BCUT2D eigenvalue weighted by Gasteiger charge is 2.12. The summed E-state index contributed by atoms with van der Waals surface area (Å²) in [5.41, 5.74) is 2.64. The van der Waals surface area contributed by atoms with Crippen LogP contribution in [0.2, 0.25) is 0 Å². The van der Waals surface area contributed by atoms with Crippen LogP contribution in [0.15, 0.2) is 18.2 Å². The molecule has 0 fully saturated rings. The molecule has 1 amide bonds. The molecule has 1 atom stereocenters. The number of hydrogen-bond donors (Lipinski definition) is 2. The molecule has 1 aromatic rings. The monoisotopic (exact) mass is 269 g/mol. The van der Waals surface area contributed by atoms with Crippen LogP contribution in [0, 0.1) is 13.8 Å². The minimum Gasteiger partial charge on any atom is -0.481 e. The van der Waals surface area contributed by atoms with Crippen molar-refractivity contribution in [2.45, 2.75) is 13.8 Å². The molecule has 0 unspecified atom stereocenters. The summed E-state index contributed by atoms with van der Waals surface area (Å²) in [4.78, 5) is 21.9. The zero-order chi connectivity index (χ0) is 13.7. The molecule has 0 bridgehead atoms. The van der Waals surface area contributed by atoms with Crippen molar-refractivity contribution in [1.29, 1.82) is 0 Å². The molecular formula is C12H15NO4S. The molecule has 5 nitrogen and oxygen atoms in total. The fraction of sp³-hybridized carbons (Fsp3) is 0.333. The van der Waals surface area contributed by atoms with E-state index in [-0.39, 0.29) is 5.75 Å². The maximum atomic E-state index is 11.5. The van der Waals surface area contributed by atoms with Crippen molar-refractivity contribution in [3.8, 4) is 0 Å². The molecule has 0 aliphatic heterocycles. The summed E-state index contributed by atoms with van der Waals surface area (Å²) in [6, 6.07) is 5.54. The summed E-state index contributed by atoms with van der Waals surface area (Å²) in [6.07, 6.45) is 0. The van der Waals surface area contributed by atoms with Crippen molar-refractivity contribution in [2.24, 2.45) is 0 Å². The number of aliphatic carboxylic acids is 1. The Labute approximate surface area is 108 Å². The highest BCUT2D eigenvalue weighted by atomic mass is 32.2. The standard InChI is InChI=1S/C12H15NO4S/c1-8-3-4-10(9(2)5-8)13-11(14)6-18(17)7-12(15)16/h3-5H,6-7H2,1-2H3,(H,13,14)(H,15,16)/t18-/m0/s1. The van der Waals surface area contributed by atoms with E-state index in [4.69, 9.17) is 5.11 Å². The van der Waals surface area contributed by atoms with Crippen LogP contribution in [0.1, 0.15) is 11.1 Å². The van der Waals surface area contributed by atoms with Gasteiger partial charge in [0, 0.05) is 16.5 Å². The average molecular weight is 269 g/mol.